The largest absolute Gasteiger partial charge is 0.370 e. The highest BCUT2D eigenvalue weighted by atomic mass is 79.9. The summed E-state index contributed by atoms with van der Waals surface area (Å²) in [4.78, 5) is 10.7. The average molecular weight is 335 g/mol. The van der Waals surface area contributed by atoms with Crippen LogP contribution in [0, 0.1) is 0 Å². The van der Waals surface area contributed by atoms with Crippen molar-refractivity contribution in [2.75, 3.05) is 23.8 Å². The molecule has 0 fully saturated rings. The molecule has 0 bridgehead atoms. The lowest BCUT2D eigenvalue weighted by Crippen LogP contribution is -2.18. The standard InChI is InChI=1S/C15H19BrN4/c1-3-7-17-14-9-15(19-11-18-14)20(2)10-12-5-4-6-13(16)8-12/h4-6,8-9,11H,3,7,10H2,1-2H3,(H,17,18,19). The first kappa shape index (κ1) is 14.8. The lowest BCUT2D eigenvalue weighted by Gasteiger charge is -2.19. The van der Waals surface area contributed by atoms with Crippen LogP contribution in [0.4, 0.5) is 11.6 Å². The van der Waals surface area contributed by atoms with E-state index in [1.54, 1.807) is 6.33 Å². The van der Waals surface area contributed by atoms with E-state index in [1.165, 1.54) is 5.56 Å². The maximum atomic E-state index is 4.33. The molecular formula is C15H19BrN4. The monoisotopic (exact) mass is 334 g/mol. The highest BCUT2D eigenvalue weighted by molar-refractivity contribution is 9.10. The van der Waals surface area contributed by atoms with Gasteiger partial charge in [0.15, 0.2) is 0 Å². The van der Waals surface area contributed by atoms with Crippen molar-refractivity contribution in [2.24, 2.45) is 0 Å². The molecule has 106 valence electrons. The van der Waals surface area contributed by atoms with E-state index in [0.717, 1.165) is 35.6 Å². The van der Waals surface area contributed by atoms with Gasteiger partial charge in [-0.1, -0.05) is 35.0 Å². The van der Waals surface area contributed by atoms with Crippen molar-refractivity contribution in [1.29, 1.82) is 0 Å². The molecule has 1 aromatic carbocycles. The zero-order chi connectivity index (χ0) is 14.4. The molecule has 0 spiro atoms. The Morgan fingerprint density at radius 3 is 2.85 bits per heavy atom. The van der Waals surface area contributed by atoms with Gasteiger partial charge in [0, 0.05) is 30.7 Å². The summed E-state index contributed by atoms with van der Waals surface area (Å²) in [5.74, 6) is 1.79. The van der Waals surface area contributed by atoms with Crippen LogP contribution in [0.3, 0.4) is 0 Å². The second kappa shape index (κ2) is 7.24. The topological polar surface area (TPSA) is 41.0 Å². The van der Waals surface area contributed by atoms with E-state index in [0.29, 0.717) is 0 Å². The number of hydrogen-bond donors (Lipinski definition) is 1. The minimum Gasteiger partial charge on any atom is -0.370 e. The summed E-state index contributed by atoms with van der Waals surface area (Å²) in [6, 6.07) is 10.3. The molecule has 0 aliphatic rings. The summed E-state index contributed by atoms with van der Waals surface area (Å²) in [6.45, 7) is 3.87. The Labute approximate surface area is 128 Å². The van der Waals surface area contributed by atoms with Crippen LogP contribution in [0.5, 0.6) is 0 Å². The summed E-state index contributed by atoms with van der Waals surface area (Å²) in [5, 5.41) is 3.28. The minimum atomic E-state index is 0.809. The predicted octanol–water partition coefficient (Wildman–Crippen LogP) is 3.70. The van der Waals surface area contributed by atoms with Crippen LogP contribution in [0.2, 0.25) is 0 Å². The first-order valence-electron chi connectivity index (χ1n) is 6.70. The summed E-state index contributed by atoms with van der Waals surface area (Å²) < 4.78 is 1.09. The Kier molecular flexibility index (Phi) is 5.35. The van der Waals surface area contributed by atoms with Crippen molar-refractivity contribution >= 4 is 27.6 Å². The maximum absolute atomic E-state index is 4.33. The fourth-order valence-corrected chi connectivity index (χ4v) is 2.34. The zero-order valence-corrected chi connectivity index (χ0v) is 13.4. The van der Waals surface area contributed by atoms with Gasteiger partial charge in [0.05, 0.1) is 0 Å². The molecule has 0 unspecified atom stereocenters. The van der Waals surface area contributed by atoms with E-state index >= 15 is 0 Å². The Morgan fingerprint density at radius 1 is 1.25 bits per heavy atom. The highest BCUT2D eigenvalue weighted by Crippen LogP contribution is 2.17. The molecular weight excluding hydrogens is 316 g/mol. The zero-order valence-electron chi connectivity index (χ0n) is 11.8. The minimum absolute atomic E-state index is 0.809. The van der Waals surface area contributed by atoms with E-state index in [4.69, 9.17) is 0 Å². The molecule has 2 aromatic rings. The summed E-state index contributed by atoms with van der Waals surface area (Å²) in [6.07, 6.45) is 2.68. The van der Waals surface area contributed by atoms with Crippen LogP contribution in [-0.2, 0) is 6.54 Å². The molecule has 0 atom stereocenters. The number of nitrogens with one attached hydrogen (secondary N) is 1. The second-order valence-electron chi connectivity index (χ2n) is 4.67. The van der Waals surface area contributed by atoms with E-state index in [1.807, 2.05) is 25.2 Å². The van der Waals surface area contributed by atoms with Crippen molar-refractivity contribution < 1.29 is 0 Å². The fraction of sp³-hybridized carbons (Fsp3) is 0.333. The fourth-order valence-electron chi connectivity index (χ4n) is 1.90. The van der Waals surface area contributed by atoms with E-state index < -0.39 is 0 Å². The summed E-state index contributed by atoms with van der Waals surface area (Å²) in [5.41, 5.74) is 1.24. The molecule has 0 amide bonds. The first-order valence-corrected chi connectivity index (χ1v) is 7.50. The van der Waals surface area contributed by atoms with Crippen LogP contribution in [0.15, 0.2) is 41.1 Å². The number of benzene rings is 1. The quantitative estimate of drug-likeness (QED) is 0.874. The van der Waals surface area contributed by atoms with Crippen LogP contribution in [-0.4, -0.2) is 23.6 Å². The molecule has 5 heteroatoms. The van der Waals surface area contributed by atoms with Gasteiger partial charge in [-0.05, 0) is 24.1 Å². The smallest absolute Gasteiger partial charge is 0.134 e. The van der Waals surface area contributed by atoms with Gasteiger partial charge in [-0.15, -0.1) is 0 Å². The van der Waals surface area contributed by atoms with Crippen LogP contribution >= 0.6 is 15.9 Å². The van der Waals surface area contributed by atoms with E-state index in [9.17, 15) is 0 Å². The van der Waals surface area contributed by atoms with Crippen LogP contribution < -0.4 is 10.2 Å². The third-order valence-corrected chi connectivity index (χ3v) is 3.40. The number of anilines is 2. The molecule has 0 saturated heterocycles. The van der Waals surface area contributed by atoms with Crippen LogP contribution in [0.25, 0.3) is 0 Å². The lowest BCUT2D eigenvalue weighted by atomic mass is 10.2. The van der Waals surface area contributed by atoms with Gasteiger partial charge in [-0.3, -0.25) is 0 Å². The molecule has 1 N–H and O–H groups in total. The summed E-state index contributed by atoms with van der Waals surface area (Å²) >= 11 is 3.49. The molecule has 0 saturated carbocycles. The van der Waals surface area contributed by atoms with Gasteiger partial charge < -0.3 is 10.2 Å². The lowest BCUT2D eigenvalue weighted by molar-refractivity contribution is 0.887. The van der Waals surface area contributed by atoms with E-state index in [-0.39, 0.29) is 0 Å². The second-order valence-corrected chi connectivity index (χ2v) is 5.59. The van der Waals surface area contributed by atoms with Gasteiger partial charge in [0.2, 0.25) is 0 Å². The molecule has 20 heavy (non-hydrogen) atoms. The molecule has 2 rings (SSSR count). The number of halogens is 1. The highest BCUT2D eigenvalue weighted by Gasteiger charge is 2.05. The third kappa shape index (κ3) is 4.20. The maximum Gasteiger partial charge on any atom is 0.134 e. The third-order valence-electron chi connectivity index (χ3n) is 2.91. The molecule has 1 aromatic heterocycles. The molecule has 0 radical (unpaired) electrons. The molecule has 0 aliphatic heterocycles. The summed E-state index contributed by atoms with van der Waals surface area (Å²) in [7, 11) is 2.03. The van der Waals surface area contributed by atoms with Gasteiger partial charge in [0.25, 0.3) is 0 Å². The molecule has 0 aliphatic carbocycles. The number of hydrogen-bond acceptors (Lipinski definition) is 4. The molecule has 1 heterocycles. The van der Waals surface area contributed by atoms with Gasteiger partial charge in [-0.25, -0.2) is 9.97 Å². The van der Waals surface area contributed by atoms with Gasteiger partial charge in [-0.2, -0.15) is 0 Å². The number of aromatic nitrogens is 2. The van der Waals surface area contributed by atoms with Crippen LogP contribution in [0.1, 0.15) is 18.9 Å². The van der Waals surface area contributed by atoms with Gasteiger partial charge in [0.1, 0.15) is 18.0 Å². The number of rotatable bonds is 6. The van der Waals surface area contributed by atoms with Crippen molar-refractivity contribution in [3.8, 4) is 0 Å². The Morgan fingerprint density at radius 2 is 2.10 bits per heavy atom. The Hall–Kier alpha value is -1.62. The average Bonchev–Trinajstić information content (AvgIpc) is 2.45. The van der Waals surface area contributed by atoms with Crippen molar-refractivity contribution in [3.63, 3.8) is 0 Å². The SMILES string of the molecule is CCCNc1cc(N(C)Cc2cccc(Br)c2)ncn1. The number of nitrogens with zero attached hydrogens (tertiary/aromatic N) is 3. The molecule has 4 nitrogen and oxygen atoms in total. The van der Waals surface area contributed by atoms with Crippen molar-refractivity contribution in [3.05, 3.63) is 46.7 Å². The van der Waals surface area contributed by atoms with Gasteiger partial charge >= 0.3 is 0 Å². The normalized spacial score (nSPS) is 10.3. The predicted molar refractivity (Wildman–Crippen MR) is 87.1 cm³/mol. The van der Waals surface area contributed by atoms with Crippen molar-refractivity contribution in [2.45, 2.75) is 19.9 Å². The van der Waals surface area contributed by atoms with Crippen molar-refractivity contribution in [1.82, 2.24) is 9.97 Å². The van der Waals surface area contributed by atoms with E-state index in [2.05, 4.69) is 55.2 Å². The first-order chi connectivity index (χ1) is 9.69. The Balaban J connectivity index is 2.06. The Bertz CT molecular complexity index is 559.